The highest BCUT2D eigenvalue weighted by Gasteiger charge is 2.56. The van der Waals surface area contributed by atoms with Crippen molar-refractivity contribution in [3.8, 4) is 5.75 Å². The lowest BCUT2D eigenvalue weighted by molar-refractivity contribution is -0.122. The van der Waals surface area contributed by atoms with E-state index in [0.29, 0.717) is 40.8 Å². The Bertz CT molecular complexity index is 1200. The molecule has 2 aromatic rings. The molecule has 1 saturated heterocycles. The number of hydrogen-bond donors (Lipinski definition) is 0. The summed E-state index contributed by atoms with van der Waals surface area (Å²) in [6, 6.07) is 12.8. The van der Waals surface area contributed by atoms with Crippen LogP contribution in [0.15, 0.2) is 60.7 Å². The number of anilines is 1. The van der Waals surface area contributed by atoms with Crippen LogP contribution >= 0.6 is 0 Å². The van der Waals surface area contributed by atoms with Gasteiger partial charge in [-0.3, -0.25) is 19.3 Å². The van der Waals surface area contributed by atoms with Crippen LogP contribution in [0.2, 0.25) is 0 Å². The summed E-state index contributed by atoms with van der Waals surface area (Å²) in [5, 5.41) is 0. The van der Waals surface area contributed by atoms with E-state index in [0.717, 1.165) is 6.42 Å². The molecule has 2 aromatic carbocycles. The van der Waals surface area contributed by atoms with Crippen LogP contribution in [-0.2, 0) is 14.3 Å². The zero-order valence-electron chi connectivity index (χ0n) is 19.7. The molecule has 0 N–H and O–H groups in total. The lowest BCUT2D eigenvalue weighted by Crippen LogP contribution is -2.32. The molecule has 0 bridgehead atoms. The van der Waals surface area contributed by atoms with Gasteiger partial charge in [-0.25, -0.2) is 4.79 Å². The third-order valence-corrected chi connectivity index (χ3v) is 7.40. The number of benzene rings is 2. The van der Waals surface area contributed by atoms with Crippen molar-refractivity contribution in [3.05, 3.63) is 71.8 Å². The van der Waals surface area contributed by atoms with Gasteiger partial charge in [0.15, 0.2) is 12.4 Å². The van der Waals surface area contributed by atoms with E-state index < -0.39 is 5.97 Å². The van der Waals surface area contributed by atoms with Crippen molar-refractivity contribution >= 4 is 29.3 Å². The molecule has 5 atom stereocenters. The average molecular weight is 474 g/mol. The van der Waals surface area contributed by atoms with Crippen molar-refractivity contribution in [3.63, 3.8) is 0 Å². The Balaban J connectivity index is 1.23. The summed E-state index contributed by atoms with van der Waals surface area (Å²) < 4.78 is 10.3. The third-order valence-electron chi connectivity index (χ3n) is 7.40. The van der Waals surface area contributed by atoms with E-state index in [9.17, 15) is 19.2 Å². The SMILES string of the molecule is COC(=O)c1ccc(C(=O)COc2ccc(N3C(=O)C4CC=C[C@H](C5CC5C)C4C3=O)cc2)cc1. The number of ether oxygens (including phenoxy) is 2. The summed E-state index contributed by atoms with van der Waals surface area (Å²) in [6.45, 7) is 2.01. The predicted octanol–water partition coefficient (Wildman–Crippen LogP) is 4.07. The molecule has 35 heavy (non-hydrogen) atoms. The Kier molecular flexibility index (Phi) is 6.01. The van der Waals surface area contributed by atoms with Crippen LogP contribution in [0.3, 0.4) is 0 Å². The van der Waals surface area contributed by atoms with Gasteiger partial charge in [0.25, 0.3) is 0 Å². The van der Waals surface area contributed by atoms with Gasteiger partial charge in [-0.2, -0.15) is 0 Å². The summed E-state index contributed by atoms with van der Waals surface area (Å²) in [4.78, 5) is 51.7. The lowest BCUT2D eigenvalue weighted by Gasteiger charge is -2.26. The fourth-order valence-electron chi connectivity index (χ4n) is 5.32. The first-order valence-electron chi connectivity index (χ1n) is 11.9. The summed E-state index contributed by atoms with van der Waals surface area (Å²) in [6.07, 6.45) is 5.91. The third kappa shape index (κ3) is 4.27. The lowest BCUT2D eigenvalue weighted by atomic mass is 9.75. The maximum absolute atomic E-state index is 13.3. The maximum Gasteiger partial charge on any atom is 0.337 e. The molecule has 0 spiro atoms. The molecule has 2 aliphatic carbocycles. The minimum absolute atomic E-state index is 0.118. The van der Waals surface area contributed by atoms with Gasteiger partial charge in [-0.15, -0.1) is 0 Å². The first-order chi connectivity index (χ1) is 16.9. The molecule has 7 nitrogen and oxygen atoms in total. The highest BCUT2D eigenvalue weighted by Crippen LogP contribution is 2.53. The van der Waals surface area contributed by atoms with E-state index in [1.165, 1.54) is 24.1 Å². The van der Waals surface area contributed by atoms with Gasteiger partial charge in [-0.05, 0) is 67.0 Å². The van der Waals surface area contributed by atoms with Crippen LogP contribution in [0, 0.1) is 29.6 Å². The summed E-state index contributed by atoms with van der Waals surface area (Å²) in [5.41, 5.74) is 1.30. The molecule has 1 heterocycles. The monoisotopic (exact) mass is 473 g/mol. The minimum Gasteiger partial charge on any atom is -0.485 e. The number of methoxy groups -OCH3 is 1. The van der Waals surface area contributed by atoms with E-state index in [1.54, 1.807) is 36.4 Å². The molecule has 1 aliphatic heterocycles. The Morgan fingerprint density at radius 3 is 2.26 bits per heavy atom. The molecular formula is C28H27NO6. The van der Waals surface area contributed by atoms with Crippen molar-refractivity contribution in [1.29, 1.82) is 0 Å². The van der Waals surface area contributed by atoms with Gasteiger partial charge in [0.2, 0.25) is 11.8 Å². The van der Waals surface area contributed by atoms with E-state index >= 15 is 0 Å². The van der Waals surface area contributed by atoms with Gasteiger partial charge in [0.05, 0.1) is 30.2 Å². The van der Waals surface area contributed by atoms with E-state index in [-0.39, 0.29) is 42.0 Å². The van der Waals surface area contributed by atoms with Crippen LogP contribution in [-0.4, -0.2) is 37.3 Å². The molecular weight excluding hydrogens is 446 g/mol. The normalized spacial score (nSPS) is 26.9. The molecule has 5 rings (SSSR count). The summed E-state index contributed by atoms with van der Waals surface area (Å²) in [5.74, 6) is 0.152. The molecule has 4 unspecified atom stereocenters. The number of hydrogen-bond acceptors (Lipinski definition) is 6. The topological polar surface area (TPSA) is 90.0 Å². The number of carbonyl (C=O) groups is 4. The zero-order valence-corrected chi connectivity index (χ0v) is 19.7. The number of nitrogens with zero attached hydrogens (tertiary/aromatic N) is 1. The Morgan fingerprint density at radius 1 is 0.971 bits per heavy atom. The standard InChI is InChI=1S/C28H27NO6/c1-16-14-23(16)21-4-3-5-22-25(21)27(32)29(26(22)31)19-10-12-20(13-11-19)35-15-24(30)17-6-8-18(9-7-17)28(33)34-2/h3-4,6-13,16,21-23,25H,5,14-15H2,1-2H3/t16?,21-,22?,23?,25?/m1/s1. The van der Waals surface area contributed by atoms with Crippen LogP contribution in [0.1, 0.15) is 40.5 Å². The molecule has 2 amide bonds. The summed E-state index contributed by atoms with van der Waals surface area (Å²) in [7, 11) is 1.30. The number of allylic oxidation sites excluding steroid dienone is 2. The second-order valence-electron chi connectivity index (χ2n) is 9.54. The van der Waals surface area contributed by atoms with Crippen molar-refractivity contribution < 1.29 is 28.7 Å². The number of carbonyl (C=O) groups excluding carboxylic acids is 4. The van der Waals surface area contributed by atoms with Gasteiger partial charge >= 0.3 is 5.97 Å². The van der Waals surface area contributed by atoms with Gasteiger partial charge in [0.1, 0.15) is 5.75 Å². The molecule has 180 valence electrons. The van der Waals surface area contributed by atoms with Gasteiger partial charge in [0, 0.05) is 5.56 Å². The molecule has 7 heteroatoms. The van der Waals surface area contributed by atoms with Crippen molar-refractivity contribution in [1.82, 2.24) is 0 Å². The van der Waals surface area contributed by atoms with E-state index in [4.69, 9.17) is 4.74 Å². The quantitative estimate of drug-likeness (QED) is 0.261. The van der Waals surface area contributed by atoms with Crippen molar-refractivity contribution in [2.45, 2.75) is 19.8 Å². The number of rotatable bonds is 7. The molecule has 0 radical (unpaired) electrons. The van der Waals surface area contributed by atoms with Crippen molar-refractivity contribution in [2.75, 3.05) is 18.6 Å². The highest BCUT2D eigenvalue weighted by atomic mass is 16.5. The maximum atomic E-state index is 13.3. The Labute approximate surface area is 203 Å². The van der Waals surface area contributed by atoms with Gasteiger partial charge < -0.3 is 9.47 Å². The molecule has 1 saturated carbocycles. The average Bonchev–Trinajstić information content (AvgIpc) is 3.56. The Morgan fingerprint density at radius 2 is 1.63 bits per heavy atom. The van der Waals surface area contributed by atoms with Crippen LogP contribution in [0.25, 0.3) is 0 Å². The minimum atomic E-state index is -0.469. The smallest absolute Gasteiger partial charge is 0.337 e. The van der Waals surface area contributed by atoms with E-state index in [2.05, 4.69) is 23.8 Å². The van der Waals surface area contributed by atoms with Crippen LogP contribution in [0.5, 0.6) is 5.75 Å². The number of amides is 2. The first-order valence-corrected chi connectivity index (χ1v) is 11.9. The zero-order chi connectivity index (χ0) is 24.7. The van der Waals surface area contributed by atoms with Crippen LogP contribution in [0.4, 0.5) is 5.69 Å². The van der Waals surface area contributed by atoms with Crippen LogP contribution < -0.4 is 9.64 Å². The fourth-order valence-corrected chi connectivity index (χ4v) is 5.32. The predicted molar refractivity (Wildman–Crippen MR) is 128 cm³/mol. The second-order valence-corrected chi connectivity index (χ2v) is 9.54. The number of ketones is 1. The van der Waals surface area contributed by atoms with E-state index in [1.807, 2.05) is 0 Å². The molecule has 0 aromatic heterocycles. The number of Topliss-reactive ketones (excluding diaryl/α,β-unsaturated/α-hetero) is 1. The molecule has 2 fully saturated rings. The number of esters is 1. The van der Waals surface area contributed by atoms with Gasteiger partial charge in [-0.1, -0.05) is 31.2 Å². The first kappa shape index (κ1) is 23.0. The molecule has 3 aliphatic rings. The summed E-state index contributed by atoms with van der Waals surface area (Å²) >= 11 is 0. The second kappa shape index (κ2) is 9.13. The number of imide groups is 1. The fraction of sp³-hybridized carbons (Fsp3) is 0.357. The Hall–Kier alpha value is -3.74. The largest absolute Gasteiger partial charge is 0.485 e. The highest BCUT2D eigenvalue weighted by molar-refractivity contribution is 6.22. The number of fused-ring (bicyclic) bond motifs is 1. The van der Waals surface area contributed by atoms with Crippen molar-refractivity contribution in [2.24, 2.45) is 29.6 Å².